The standard InChI is InChI=1S/C7H12O5/c1-10-6(9)2-5-4-11-7(3-8)12-5/h4,6-9H,2-3H2,1H3. The summed E-state index contributed by atoms with van der Waals surface area (Å²) >= 11 is 0. The third-order valence-electron chi connectivity index (χ3n) is 1.43. The van der Waals surface area contributed by atoms with Gasteiger partial charge in [-0.25, -0.2) is 0 Å². The Kier molecular flexibility index (Phi) is 3.33. The Bertz CT molecular complexity index is 167. The van der Waals surface area contributed by atoms with Gasteiger partial charge in [-0.15, -0.1) is 0 Å². The summed E-state index contributed by atoms with van der Waals surface area (Å²) in [5.41, 5.74) is 0. The van der Waals surface area contributed by atoms with E-state index >= 15 is 0 Å². The molecular formula is C7H12O5. The van der Waals surface area contributed by atoms with E-state index in [4.69, 9.17) is 19.7 Å². The topological polar surface area (TPSA) is 68.2 Å². The van der Waals surface area contributed by atoms with E-state index in [2.05, 4.69) is 4.74 Å². The molecule has 1 aliphatic rings. The number of rotatable bonds is 4. The number of hydrogen-bond acceptors (Lipinski definition) is 5. The van der Waals surface area contributed by atoms with Gasteiger partial charge in [-0.2, -0.15) is 0 Å². The average Bonchev–Trinajstić information content (AvgIpc) is 2.52. The molecule has 0 saturated carbocycles. The lowest BCUT2D eigenvalue weighted by molar-refractivity contribution is -0.0967. The van der Waals surface area contributed by atoms with Crippen LogP contribution in [0.15, 0.2) is 12.0 Å². The van der Waals surface area contributed by atoms with Crippen LogP contribution in [0.3, 0.4) is 0 Å². The fourth-order valence-electron chi connectivity index (χ4n) is 0.808. The van der Waals surface area contributed by atoms with E-state index in [1.807, 2.05) is 0 Å². The highest BCUT2D eigenvalue weighted by atomic mass is 16.7. The van der Waals surface area contributed by atoms with Crippen molar-refractivity contribution in [2.24, 2.45) is 0 Å². The van der Waals surface area contributed by atoms with Crippen LogP contribution in [0.1, 0.15) is 6.42 Å². The predicted octanol–water partition coefficient (Wildman–Crippen LogP) is -0.452. The second-order valence-corrected chi connectivity index (χ2v) is 2.34. The van der Waals surface area contributed by atoms with Gasteiger partial charge < -0.3 is 24.4 Å². The highest BCUT2D eigenvalue weighted by molar-refractivity contribution is 4.93. The van der Waals surface area contributed by atoms with Gasteiger partial charge >= 0.3 is 0 Å². The van der Waals surface area contributed by atoms with Gasteiger partial charge in [0.1, 0.15) is 18.6 Å². The molecule has 0 aliphatic carbocycles. The highest BCUT2D eigenvalue weighted by Crippen LogP contribution is 2.18. The molecule has 1 aliphatic heterocycles. The molecule has 0 saturated heterocycles. The fourth-order valence-corrected chi connectivity index (χ4v) is 0.808. The van der Waals surface area contributed by atoms with Crippen LogP contribution in [0.5, 0.6) is 0 Å². The maximum Gasteiger partial charge on any atom is 0.262 e. The Labute approximate surface area is 70.2 Å². The van der Waals surface area contributed by atoms with Gasteiger partial charge in [0.2, 0.25) is 0 Å². The molecule has 1 heterocycles. The van der Waals surface area contributed by atoms with Crippen LogP contribution in [0.4, 0.5) is 0 Å². The van der Waals surface area contributed by atoms with Crippen LogP contribution in [0.2, 0.25) is 0 Å². The molecule has 0 aromatic carbocycles. The van der Waals surface area contributed by atoms with Gasteiger partial charge in [-0.1, -0.05) is 0 Å². The van der Waals surface area contributed by atoms with Crippen LogP contribution in [-0.2, 0) is 14.2 Å². The normalized spacial score (nSPS) is 24.2. The van der Waals surface area contributed by atoms with E-state index in [0.29, 0.717) is 5.76 Å². The summed E-state index contributed by atoms with van der Waals surface area (Å²) in [7, 11) is 1.39. The molecule has 70 valence electrons. The summed E-state index contributed by atoms with van der Waals surface area (Å²) in [6.45, 7) is -0.205. The lowest BCUT2D eigenvalue weighted by atomic mass is 10.4. The number of aliphatic hydroxyl groups is 2. The summed E-state index contributed by atoms with van der Waals surface area (Å²) in [6, 6.07) is 0. The first-order valence-corrected chi connectivity index (χ1v) is 3.59. The first kappa shape index (κ1) is 9.31. The van der Waals surface area contributed by atoms with Gasteiger partial charge in [-0.05, 0) is 0 Å². The fraction of sp³-hybridized carbons (Fsp3) is 0.714. The third kappa shape index (κ3) is 2.37. The van der Waals surface area contributed by atoms with Crippen molar-refractivity contribution in [3.8, 4) is 0 Å². The largest absolute Gasteiger partial charge is 0.457 e. The Morgan fingerprint density at radius 3 is 3.00 bits per heavy atom. The van der Waals surface area contributed by atoms with Gasteiger partial charge in [0.05, 0.1) is 6.42 Å². The van der Waals surface area contributed by atoms with E-state index in [0.717, 1.165) is 0 Å². The molecule has 2 N–H and O–H groups in total. The lowest BCUT2D eigenvalue weighted by Gasteiger charge is -2.10. The molecule has 2 unspecified atom stereocenters. The summed E-state index contributed by atoms with van der Waals surface area (Å²) in [6.07, 6.45) is 0.0669. The molecule has 1 rings (SSSR count). The summed E-state index contributed by atoms with van der Waals surface area (Å²) in [5.74, 6) is 0.475. The van der Waals surface area contributed by atoms with E-state index in [-0.39, 0.29) is 13.0 Å². The molecule has 0 spiro atoms. The van der Waals surface area contributed by atoms with Gasteiger partial charge in [0.25, 0.3) is 6.29 Å². The first-order valence-electron chi connectivity index (χ1n) is 3.59. The maximum absolute atomic E-state index is 9.02. The molecule has 5 nitrogen and oxygen atoms in total. The van der Waals surface area contributed by atoms with Crippen LogP contribution in [-0.4, -0.2) is 36.5 Å². The lowest BCUT2D eigenvalue weighted by Crippen LogP contribution is -2.15. The SMILES string of the molecule is COC(O)CC1=COC(CO)O1. The van der Waals surface area contributed by atoms with Gasteiger partial charge in [-0.3, -0.25) is 0 Å². The highest BCUT2D eigenvalue weighted by Gasteiger charge is 2.20. The average molecular weight is 176 g/mol. The predicted molar refractivity (Wildman–Crippen MR) is 38.8 cm³/mol. The molecule has 5 heteroatoms. The molecule has 0 aromatic heterocycles. The zero-order chi connectivity index (χ0) is 8.97. The maximum atomic E-state index is 9.02. The monoisotopic (exact) mass is 176 g/mol. The number of methoxy groups -OCH3 is 1. The van der Waals surface area contributed by atoms with Crippen molar-refractivity contribution in [3.05, 3.63) is 12.0 Å². The van der Waals surface area contributed by atoms with Crippen LogP contribution < -0.4 is 0 Å². The van der Waals surface area contributed by atoms with E-state index in [9.17, 15) is 0 Å². The van der Waals surface area contributed by atoms with Gasteiger partial charge in [0, 0.05) is 7.11 Å². The number of ether oxygens (including phenoxy) is 3. The van der Waals surface area contributed by atoms with Crippen LogP contribution >= 0.6 is 0 Å². The summed E-state index contributed by atoms with van der Waals surface area (Å²) < 4.78 is 14.5. The van der Waals surface area contributed by atoms with E-state index in [1.165, 1.54) is 13.4 Å². The minimum Gasteiger partial charge on any atom is -0.457 e. The smallest absolute Gasteiger partial charge is 0.262 e. The van der Waals surface area contributed by atoms with E-state index in [1.54, 1.807) is 0 Å². The third-order valence-corrected chi connectivity index (χ3v) is 1.43. The zero-order valence-electron chi connectivity index (χ0n) is 6.77. The molecule has 0 radical (unpaired) electrons. The Morgan fingerprint density at radius 2 is 2.50 bits per heavy atom. The van der Waals surface area contributed by atoms with Crippen molar-refractivity contribution in [3.63, 3.8) is 0 Å². The minimum absolute atomic E-state index is 0.205. The van der Waals surface area contributed by atoms with Crippen molar-refractivity contribution >= 4 is 0 Å². The van der Waals surface area contributed by atoms with Crippen molar-refractivity contribution in [2.75, 3.05) is 13.7 Å². The molecule has 0 aromatic rings. The van der Waals surface area contributed by atoms with Gasteiger partial charge in [0.15, 0.2) is 6.29 Å². The molecule has 2 atom stereocenters. The van der Waals surface area contributed by atoms with E-state index < -0.39 is 12.6 Å². The second kappa shape index (κ2) is 4.30. The zero-order valence-corrected chi connectivity index (χ0v) is 6.77. The minimum atomic E-state index is -0.891. The quantitative estimate of drug-likeness (QED) is 0.568. The molecule has 12 heavy (non-hydrogen) atoms. The molecule has 0 fully saturated rings. The molecular weight excluding hydrogens is 164 g/mol. The molecule has 0 amide bonds. The van der Waals surface area contributed by atoms with Crippen molar-refractivity contribution in [1.82, 2.24) is 0 Å². The first-order chi connectivity index (χ1) is 5.76. The number of hydrogen-bond donors (Lipinski definition) is 2. The summed E-state index contributed by atoms with van der Waals surface area (Å²) in [5, 5.41) is 17.6. The van der Waals surface area contributed by atoms with Crippen LogP contribution in [0.25, 0.3) is 0 Å². The van der Waals surface area contributed by atoms with Crippen molar-refractivity contribution in [2.45, 2.75) is 19.0 Å². The molecule has 0 bridgehead atoms. The van der Waals surface area contributed by atoms with Crippen molar-refractivity contribution < 1.29 is 24.4 Å². The summed E-state index contributed by atoms with van der Waals surface area (Å²) in [4.78, 5) is 0. The second-order valence-electron chi connectivity index (χ2n) is 2.34. The Hall–Kier alpha value is -0.780. The van der Waals surface area contributed by atoms with Crippen molar-refractivity contribution in [1.29, 1.82) is 0 Å². The Morgan fingerprint density at radius 1 is 1.75 bits per heavy atom. The Balaban J connectivity index is 2.27. The number of aliphatic hydroxyl groups excluding tert-OH is 2. The van der Waals surface area contributed by atoms with Crippen LogP contribution in [0, 0.1) is 0 Å².